The highest BCUT2D eigenvalue weighted by atomic mass is 32.2. The highest BCUT2D eigenvalue weighted by molar-refractivity contribution is 7.89. The second-order valence-electron chi connectivity index (χ2n) is 5.81. The van der Waals surface area contributed by atoms with Gasteiger partial charge in [-0.15, -0.1) is 11.3 Å². The minimum atomic E-state index is -3.46. The van der Waals surface area contributed by atoms with Gasteiger partial charge in [0.2, 0.25) is 10.0 Å². The second-order valence-corrected chi connectivity index (χ2v) is 8.83. The number of rotatable bonds is 5. The molecule has 1 aliphatic heterocycles. The number of nitrogens with zero attached hydrogens (tertiary/aromatic N) is 1. The van der Waals surface area contributed by atoms with E-state index in [9.17, 15) is 18.0 Å². The van der Waals surface area contributed by atoms with Crippen LogP contribution in [0.3, 0.4) is 0 Å². The number of Topliss-reactive ketones (excluding diaryl/α,β-unsaturated/α-hetero) is 1. The van der Waals surface area contributed by atoms with Crippen molar-refractivity contribution in [3.8, 4) is 0 Å². The average Bonchev–Trinajstić information content (AvgIpc) is 3.27. The summed E-state index contributed by atoms with van der Waals surface area (Å²) in [5, 5.41) is 2.71. The van der Waals surface area contributed by atoms with Gasteiger partial charge >= 0.3 is 0 Å². The SMILES string of the molecule is CC(=O)c1ccc(C(=O)Nc2ccc(S(=O)(=O)N3CCCC3)cc2)s1. The van der Waals surface area contributed by atoms with Crippen molar-refractivity contribution in [2.24, 2.45) is 0 Å². The van der Waals surface area contributed by atoms with E-state index in [0.717, 1.165) is 24.2 Å². The quantitative estimate of drug-likeness (QED) is 0.811. The summed E-state index contributed by atoms with van der Waals surface area (Å²) in [5.41, 5.74) is 0.503. The molecule has 132 valence electrons. The molecular weight excluding hydrogens is 360 g/mol. The van der Waals surface area contributed by atoms with Crippen molar-refractivity contribution in [2.75, 3.05) is 18.4 Å². The maximum absolute atomic E-state index is 12.5. The fourth-order valence-electron chi connectivity index (χ4n) is 2.63. The Balaban J connectivity index is 1.71. The molecule has 1 N–H and O–H groups in total. The van der Waals surface area contributed by atoms with E-state index in [1.165, 1.54) is 23.4 Å². The fraction of sp³-hybridized carbons (Fsp3) is 0.294. The summed E-state index contributed by atoms with van der Waals surface area (Å²) in [7, 11) is -3.46. The van der Waals surface area contributed by atoms with E-state index >= 15 is 0 Å². The van der Waals surface area contributed by atoms with Gasteiger partial charge in [0.1, 0.15) is 0 Å². The van der Waals surface area contributed by atoms with Crippen molar-refractivity contribution in [3.05, 3.63) is 46.2 Å². The number of thiophene rings is 1. The number of ketones is 1. The van der Waals surface area contributed by atoms with Crippen LogP contribution >= 0.6 is 11.3 Å². The summed E-state index contributed by atoms with van der Waals surface area (Å²) in [6.45, 7) is 2.56. The van der Waals surface area contributed by atoms with Crippen LogP contribution in [0.1, 0.15) is 39.1 Å². The number of hydrogen-bond acceptors (Lipinski definition) is 5. The molecule has 3 rings (SSSR count). The maximum atomic E-state index is 12.5. The van der Waals surface area contributed by atoms with Gasteiger partial charge in [0.15, 0.2) is 5.78 Å². The third kappa shape index (κ3) is 3.81. The first-order valence-electron chi connectivity index (χ1n) is 7.90. The lowest BCUT2D eigenvalue weighted by Crippen LogP contribution is -2.27. The van der Waals surface area contributed by atoms with Gasteiger partial charge in [0.25, 0.3) is 5.91 Å². The number of carbonyl (C=O) groups is 2. The number of nitrogens with one attached hydrogen (secondary N) is 1. The number of sulfonamides is 1. The molecule has 0 unspecified atom stereocenters. The van der Waals surface area contributed by atoms with E-state index in [0.29, 0.717) is 28.5 Å². The van der Waals surface area contributed by atoms with Gasteiger partial charge in [-0.25, -0.2) is 8.42 Å². The summed E-state index contributed by atoms with van der Waals surface area (Å²) in [6.07, 6.45) is 1.77. The van der Waals surface area contributed by atoms with Crippen LogP contribution in [0.5, 0.6) is 0 Å². The Labute approximate surface area is 150 Å². The summed E-state index contributed by atoms with van der Waals surface area (Å²) in [6, 6.07) is 9.36. The van der Waals surface area contributed by atoms with E-state index < -0.39 is 10.0 Å². The molecule has 6 nitrogen and oxygen atoms in total. The summed E-state index contributed by atoms with van der Waals surface area (Å²) < 4.78 is 26.4. The van der Waals surface area contributed by atoms with Crippen LogP contribution < -0.4 is 5.32 Å². The molecule has 25 heavy (non-hydrogen) atoms. The Morgan fingerprint density at radius 2 is 1.60 bits per heavy atom. The smallest absolute Gasteiger partial charge is 0.265 e. The Kier molecular flexibility index (Phi) is 5.03. The van der Waals surface area contributed by atoms with E-state index in [-0.39, 0.29) is 16.6 Å². The lowest BCUT2D eigenvalue weighted by atomic mass is 10.3. The third-order valence-corrected chi connectivity index (χ3v) is 7.09. The number of carbonyl (C=O) groups excluding carboxylic acids is 2. The van der Waals surface area contributed by atoms with Gasteiger partial charge in [0.05, 0.1) is 14.6 Å². The molecule has 2 heterocycles. The van der Waals surface area contributed by atoms with Crippen LogP contribution in [0, 0.1) is 0 Å². The van der Waals surface area contributed by atoms with Gasteiger partial charge in [-0.3, -0.25) is 9.59 Å². The van der Waals surface area contributed by atoms with Crippen molar-refractivity contribution in [2.45, 2.75) is 24.7 Å². The highest BCUT2D eigenvalue weighted by Crippen LogP contribution is 2.23. The summed E-state index contributed by atoms with van der Waals surface area (Å²) >= 11 is 1.13. The number of amides is 1. The predicted molar refractivity (Wildman–Crippen MR) is 96.7 cm³/mol. The van der Waals surface area contributed by atoms with Crippen molar-refractivity contribution in [1.82, 2.24) is 4.31 Å². The number of hydrogen-bond donors (Lipinski definition) is 1. The van der Waals surface area contributed by atoms with Crippen molar-refractivity contribution in [3.63, 3.8) is 0 Å². The molecule has 0 bridgehead atoms. The first-order valence-corrected chi connectivity index (χ1v) is 10.2. The molecule has 0 radical (unpaired) electrons. The Bertz CT molecular complexity index is 895. The van der Waals surface area contributed by atoms with Crippen molar-refractivity contribution in [1.29, 1.82) is 0 Å². The number of anilines is 1. The van der Waals surface area contributed by atoms with E-state index in [1.807, 2.05) is 0 Å². The zero-order valence-electron chi connectivity index (χ0n) is 13.7. The Hall–Kier alpha value is -2.03. The van der Waals surface area contributed by atoms with Gasteiger partial charge in [-0.2, -0.15) is 4.31 Å². The standard InChI is InChI=1S/C17H18N2O4S2/c1-12(20)15-8-9-16(24-15)17(21)18-13-4-6-14(7-5-13)25(22,23)19-10-2-3-11-19/h4-9H,2-3,10-11H2,1H3,(H,18,21). The van der Waals surface area contributed by atoms with Crippen LogP contribution in [0.4, 0.5) is 5.69 Å². The molecule has 1 amide bonds. The van der Waals surface area contributed by atoms with Crippen molar-refractivity contribution >= 4 is 38.7 Å². The molecule has 0 spiro atoms. The molecule has 2 aromatic rings. The van der Waals surface area contributed by atoms with Crippen molar-refractivity contribution < 1.29 is 18.0 Å². The topological polar surface area (TPSA) is 83.5 Å². The van der Waals surface area contributed by atoms with E-state index in [4.69, 9.17) is 0 Å². The van der Waals surface area contributed by atoms with Crippen LogP contribution in [0.15, 0.2) is 41.3 Å². The Morgan fingerprint density at radius 1 is 1.00 bits per heavy atom. The normalized spacial score (nSPS) is 15.2. The molecule has 0 saturated carbocycles. The lowest BCUT2D eigenvalue weighted by molar-refractivity contribution is 0.101. The molecule has 1 aliphatic rings. The molecule has 0 aliphatic carbocycles. The predicted octanol–water partition coefficient (Wildman–Crippen LogP) is 2.99. The van der Waals surface area contributed by atoms with Gasteiger partial charge in [-0.05, 0) is 56.2 Å². The fourth-order valence-corrected chi connectivity index (χ4v) is 4.94. The molecule has 1 saturated heterocycles. The summed E-state index contributed by atoms with van der Waals surface area (Å²) in [4.78, 5) is 24.7. The van der Waals surface area contributed by atoms with E-state index in [2.05, 4.69) is 5.32 Å². The molecule has 0 atom stereocenters. The molecule has 8 heteroatoms. The zero-order chi connectivity index (χ0) is 18.0. The minimum absolute atomic E-state index is 0.0828. The first kappa shape index (κ1) is 17.8. The number of benzene rings is 1. The summed E-state index contributed by atoms with van der Waals surface area (Å²) in [5.74, 6) is -0.409. The minimum Gasteiger partial charge on any atom is -0.321 e. The molecule has 1 aromatic heterocycles. The van der Waals surface area contributed by atoms with Gasteiger partial charge < -0.3 is 5.32 Å². The second kappa shape index (κ2) is 7.07. The highest BCUT2D eigenvalue weighted by Gasteiger charge is 2.26. The monoisotopic (exact) mass is 378 g/mol. The molecule has 1 fully saturated rings. The third-order valence-electron chi connectivity index (χ3n) is 3.99. The Morgan fingerprint density at radius 3 is 2.16 bits per heavy atom. The largest absolute Gasteiger partial charge is 0.321 e. The average molecular weight is 378 g/mol. The first-order chi connectivity index (χ1) is 11.9. The lowest BCUT2D eigenvalue weighted by Gasteiger charge is -2.15. The van der Waals surface area contributed by atoms with Crippen LogP contribution in [0.25, 0.3) is 0 Å². The zero-order valence-corrected chi connectivity index (χ0v) is 15.3. The van der Waals surface area contributed by atoms with Crippen LogP contribution in [-0.4, -0.2) is 37.5 Å². The molecular formula is C17H18N2O4S2. The van der Waals surface area contributed by atoms with Gasteiger partial charge in [-0.1, -0.05) is 0 Å². The van der Waals surface area contributed by atoms with E-state index in [1.54, 1.807) is 24.3 Å². The maximum Gasteiger partial charge on any atom is 0.265 e. The van der Waals surface area contributed by atoms with Crippen LogP contribution in [0.2, 0.25) is 0 Å². The van der Waals surface area contributed by atoms with Crippen LogP contribution in [-0.2, 0) is 10.0 Å². The molecule has 1 aromatic carbocycles. The van der Waals surface area contributed by atoms with Gasteiger partial charge in [0, 0.05) is 18.8 Å².